The first-order valence-corrected chi connectivity index (χ1v) is 4.54. The van der Waals surface area contributed by atoms with Gasteiger partial charge in [0.25, 0.3) is 0 Å². The van der Waals surface area contributed by atoms with Gasteiger partial charge in [0, 0.05) is 6.42 Å². The van der Waals surface area contributed by atoms with Crippen LogP contribution in [0.4, 0.5) is 0 Å². The summed E-state index contributed by atoms with van der Waals surface area (Å²) in [7, 11) is 0. The molecule has 0 aliphatic heterocycles. The van der Waals surface area contributed by atoms with Gasteiger partial charge in [-0.1, -0.05) is 0 Å². The maximum atomic E-state index is 10.3. The van der Waals surface area contributed by atoms with E-state index in [-0.39, 0.29) is 12.5 Å². The molecule has 78 valence electrons. The molecule has 0 fully saturated rings. The van der Waals surface area contributed by atoms with Crippen molar-refractivity contribution in [3.05, 3.63) is 24.2 Å². The van der Waals surface area contributed by atoms with Crippen LogP contribution in [0.15, 0.2) is 22.8 Å². The highest BCUT2D eigenvalue weighted by molar-refractivity contribution is 5.66. The van der Waals surface area contributed by atoms with E-state index >= 15 is 0 Å². The van der Waals surface area contributed by atoms with Gasteiger partial charge >= 0.3 is 5.97 Å². The van der Waals surface area contributed by atoms with E-state index in [2.05, 4.69) is 0 Å². The summed E-state index contributed by atoms with van der Waals surface area (Å²) in [5, 5.41) is 8.44. The molecular formula is C10H14O4. The SMILES string of the molecule is CC(CCC(=O)O)OCc1ccco1. The first kappa shape index (κ1) is 10.8. The van der Waals surface area contributed by atoms with Gasteiger partial charge in [-0.2, -0.15) is 0 Å². The Morgan fingerprint density at radius 1 is 1.71 bits per heavy atom. The predicted octanol–water partition coefficient (Wildman–Crippen LogP) is 2.05. The number of carbonyl (C=O) groups is 1. The molecule has 0 aromatic carbocycles. The molecule has 4 heteroatoms. The average molecular weight is 198 g/mol. The smallest absolute Gasteiger partial charge is 0.303 e. The van der Waals surface area contributed by atoms with Gasteiger partial charge in [-0.3, -0.25) is 4.79 Å². The van der Waals surface area contributed by atoms with Gasteiger partial charge in [-0.25, -0.2) is 0 Å². The summed E-state index contributed by atoms with van der Waals surface area (Å²) in [6, 6.07) is 3.62. The Labute approximate surface area is 82.5 Å². The van der Waals surface area contributed by atoms with Crippen LogP contribution in [0.5, 0.6) is 0 Å². The van der Waals surface area contributed by atoms with Crippen molar-refractivity contribution in [3.63, 3.8) is 0 Å². The molecule has 1 N–H and O–H groups in total. The summed E-state index contributed by atoms with van der Waals surface area (Å²) < 4.78 is 10.4. The van der Waals surface area contributed by atoms with E-state index in [1.54, 1.807) is 12.3 Å². The first-order valence-electron chi connectivity index (χ1n) is 4.54. The van der Waals surface area contributed by atoms with Gasteiger partial charge in [0.15, 0.2) is 0 Å². The summed E-state index contributed by atoms with van der Waals surface area (Å²) >= 11 is 0. The van der Waals surface area contributed by atoms with Crippen molar-refractivity contribution >= 4 is 5.97 Å². The molecular weight excluding hydrogens is 184 g/mol. The normalized spacial score (nSPS) is 12.6. The van der Waals surface area contributed by atoms with Crippen molar-refractivity contribution in [1.29, 1.82) is 0 Å². The third kappa shape index (κ3) is 4.09. The quantitative estimate of drug-likeness (QED) is 0.759. The van der Waals surface area contributed by atoms with E-state index in [4.69, 9.17) is 14.3 Å². The van der Waals surface area contributed by atoms with Crippen molar-refractivity contribution in [2.75, 3.05) is 0 Å². The lowest BCUT2D eigenvalue weighted by atomic mass is 10.2. The number of aliphatic carboxylic acids is 1. The number of carboxylic acid groups (broad SMARTS) is 1. The van der Waals surface area contributed by atoms with E-state index in [0.29, 0.717) is 13.0 Å². The maximum Gasteiger partial charge on any atom is 0.303 e. The summed E-state index contributed by atoms with van der Waals surface area (Å²) in [6.45, 7) is 2.25. The lowest BCUT2D eigenvalue weighted by molar-refractivity contribution is -0.137. The number of ether oxygens (including phenoxy) is 1. The van der Waals surface area contributed by atoms with Gasteiger partial charge in [0.05, 0.1) is 12.4 Å². The second-order valence-electron chi connectivity index (χ2n) is 3.13. The molecule has 14 heavy (non-hydrogen) atoms. The van der Waals surface area contributed by atoms with Crippen LogP contribution in [0, 0.1) is 0 Å². The van der Waals surface area contributed by atoms with Crippen LogP contribution in [0.3, 0.4) is 0 Å². The molecule has 0 spiro atoms. The number of carboxylic acids is 1. The molecule has 0 bridgehead atoms. The number of rotatable bonds is 6. The van der Waals surface area contributed by atoms with Crippen molar-refractivity contribution in [2.45, 2.75) is 32.5 Å². The molecule has 1 heterocycles. The minimum absolute atomic E-state index is 0.0591. The fourth-order valence-electron chi connectivity index (χ4n) is 1.03. The molecule has 1 unspecified atom stereocenters. The van der Waals surface area contributed by atoms with Gasteiger partial charge in [0.2, 0.25) is 0 Å². The highest BCUT2D eigenvalue weighted by Gasteiger charge is 2.06. The third-order valence-electron chi connectivity index (χ3n) is 1.85. The average Bonchev–Trinajstić information content (AvgIpc) is 2.63. The highest BCUT2D eigenvalue weighted by atomic mass is 16.5. The lowest BCUT2D eigenvalue weighted by Gasteiger charge is -2.09. The Balaban J connectivity index is 2.15. The molecule has 1 aromatic heterocycles. The summed E-state index contributed by atoms with van der Waals surface area (Å²) in [4.78, 5) is 10.3. The van der Waals surface area contributed by atoms with Crippen molar-refractivity contribution in [1.82, 2.24) is 0 Å². The third-order valence-corrected chi connectivity index (χ3v) is 1.85. The summed E-state index contributed by atoms with van der Waals surface area (Å²) in [5.41, 5.74) is 0. The summed E-state index contributed by atoms with van der Waals surface area (Å²) in [6.07, 6.45) is 2.19. The monoisotopic (exact) mass is 198 g/mol. The Kier molecular flexibility index (Phi) is 4.19. The van der Waals surface area contributed by atoms with Gasteiger partial charge in [-0.05, 0) is 25.5 Å². The molecule has 0 saturated carbocycles. The minimum atomic E-state index is -0.793. The molecule has 1 aromatic rings. The lowest BCUT2D eigenvalue weighted by Crippen LogP contribution is -2.10. The van der Waals surface area contributed by atoms with Crippen LogP contribution in [-0.4, -0.2) is 17.2 Å². The predicted molar refractivity (Wildman–Crippen MR) is 49.8 cm³/mol. The zero-order valence-electron chi connectivity index (χ0n) is 8.10. The molecule has 0 aliphatic carbocycles. The fraction of sp³-hybridized carbons (Fsp3) is 0.500. The number of furan rings is 1. The highest BCUT2D eigenvalue weighted by Crippen LogP contribution is 2.07. The molecule has 0 saturated heterocycles. The van der Waals surface area contributed by atoms with E-state index in [9.17, 15) is 4.79 Å². The number of hydrogen-bond acceptors (Lipinski definition) is 3. The van der Waals surface area contributed by atoms with Gasteiger partial charge < -0.3 is 14.3 Å². The Hall–Kier alpha value is -1.29. The number of hydrogen-bond donors (Lipinski definition) is 1. The minimum Gasteiger partial charge on any atom is -0.481 e. The van der Waals surface area contributed by atoms with Crippen LogP contribution < -0.4 is 0 Å². The standard InChI is InChI=1S/C10H14O4/c1-8(4-5-10(11)12)14-7-9-3-2-6-13-9/h2-3,6,8H,4-5,7H2,1H3,(H,11,12). The Morgan fingerprint density at radius 2 is 2.50 bits per heavy atom. The van der Waals surface area contributed by atoms with Crippen molar-refractivity contribution in [3.8, 4) is 0 Å². The van der Waals surface area contributed by atoms with E-state index < -0.39 is 5.97 Å². The van der Waals surface area contributed by atoms with Crippen LogP contribution >= 0.6 is 0 Å². The second-order valence-corrected chi connectivity index (χ2v) is 3.13. The van der Waals surface area contributed by atoms with Crippen LogP contribution in [0.25, 0.3) is 0 Å². The van der Waals surface area contributed by atoms with Crippen molar-refractivity contribution < 1.29 is 19.1 Å². The first-order chi connectivity index (χ1) is 6.68. The molecule has 1 rings (SSSR count). The van der Waals surface area contributed by atoms with Crippen LogP contribution in [-0.2, 0) is 16.1 Å². The molecule has 0 radical (unpaired) electrons. The Bertz CT molecular complexity index is 266. The molecule has 0 amide bonds. The van der Waals surface area contributed by atoms with E-state index in [1.807, 2.05) is 13.0 Å². The fourth-order valence-corrected chi connectivity index (χ4v) is 1.03. The zero-order valence-corrected chi connectivity index (χ0v) is 8.10. The molecule has 0 aliphatic rings. The molecule has 4 nitrogen and oxygen atoms in total. The summed E-state index contributed by atoms with van der Waals surface area (Å²) in [5.74, 6) is -0.0365. The van der Waals surface area contributed by atoms with Gasteiger partial charge in [-0.15, -0.1) is 0 Å². The van der Waals surface area contributed by atoms with E-state index in [0.717, 1.165) is 5.76 Å². The van der Waals surface area contributed by atoms with Gasteiger partial charge in [0.1, 0.15) is 12.4 Å². The second kappa shape index (κ2) is 5.44. The van der Waals surface area contributed by atoms with Crippen molar-refractivity contribution in [2.24, 2.45) is 0 Å². The Morgan fingerprint density at radius 3 is 3.07 bits per heavy atom. The molecule has 1 atom stereocenters. The largest absolute Gasteiger partial charge is 0.481 e. The topological polar surface area (TPSA) is 59.7 Å². The van der Waals surface area contributed by atoms with Crippen LogP contribution in [0.2, 0.25) is 0 Å². The zero-order chi connectivity index (χ0) is 10.4. The van der Waals surface area contributed by atoms with E-state index in [1.165, 1.54) is 0 Å². The van der Waals surface area contributed by atoms with Crippen LogP contribution in [0.1, 0.15) is 25.5 Å². The maximum absolute atomic E-state index is 10.3.